The van der Waals surface area contributed by atoms with Gasteiger partial charge in [0.15, 0.2) is 0 Å². The minimum atomic E-state index is -0.0264. The van der Waals surface area contributed by atoms with Crippen LogP contribution in [0.25, 0.3) is 0 Å². The van der Waals surface area contributed by atoms with Crippen molar-refractivity contribution in [3.63, 3.8) is 0 Å². The van der Waals surface area contributed by atoms with Gasteiger partial charge in [-0.3, -0.25) is 4.79 Å². The predicted molar refractivity (Wildman–Crippen MR) is 86.7 cm³/mol. The van der Waals surface area contributed by atoms with E-state index >= 15 is 0 Å². The van der Waals surface area contributed by atoms with E-state index in [1.165, 1.54) is 12.8 Å². The summed E-state index contributed by atoms with van der Waals surface area (Å²) in [6, 6.07) is 0. The van der Waals surface area contributed by atoms with E-state index in [2.05, 4.69) is 48.5 Å². The topological polar surface area (TPSA) is 26.3 Å². The Kier molecular flexibility index (Phi) is 8.46. The van der Waals surface area contributed by atoms with Crippen LogP contribution >= 0.6 is 0 Å². The molecule has 0 rings (SSSR count). The number of carbonyl (C=O) groups excluding carboxylic acids is 1. The van der Waals surface area contributed by atoms with Crippen molar-refractivity contribution in [1.29, 1.82) is 0 Å². The molecule has 0 aromatic carbocycles. The van der Waals surface area contributed by atoms with Crippen LogP contribution in [0.3, 0.4) is 0 Å². The Labute approximate surface area is 126 Å². The van der Waals surface area contributed by atoms with Crippen LogP contribution in [0.4, 0.5) is 0 Å². The molecule has 0 fully saturated rings. The second-order valence-corrected chi connectivity index (χ2v) is 8.67. The maximum atomic E-state index is 11.7. The van der Waals surface area contributed by atoms with Crippen LogP contribution in [-0.4, -0.2) is 12.6 Å². The maximum Gasteiger partial charge on any atom is 0.305 e. The zero-order valence-electron chi connectivity index (χ0n) is 14.8. The zero-order valence-corrected chi connectivity index (χ0v) is 14.8. The van der Waals surface area contributed by atoms with Gasteiger partial charge in [-0.2, -0.15) is 0 Å². The first-order chi connectivity index (χ1) is 8.99. The average molecular weight is 284 g/mol. The quantitative estimate of drug-likeness (QED) is 0.428. The number of carbonyl (C=O) groups is 1. The molecule has 20 heavy (non-hydrogen) atoms. The predicted octanol–water partition coefficient (Wildman–Crippen LogP) is 5.60. The van der Waals surface area contributed by atoms with E-state index in [0.29, 0.717) is 29.8 Å². The van der Waals surface area contributed by atoms with Crippen molar-refractivity contribution >= 4 is 5.97 Å². The summed E-state index contributed by atoms with van der Waals surface area (Å²) in [6.45, 7) is 16.2. The first-order valence-electron chi connectivity index (χ1n) is 8.15. The van der Waals surface area contributed by atoms with Crippen molar-refractivity contribution < 1.29 is 9.53 Å². The molecule has 0 N–H and O–H groups in total. The molecule has 0 amide bonds. The SMILES string of the molecule is CC(COC(=O)CCCCCC(C)(C)C)CC(C)(C)C. The molecule has 2 nitrogen and oxygen atoms in total. The Morgan fingerprint density at radius 3 is 2.05 bits per heavy atom. The third-order valence-electron chi connectivity index (χ3n) is 3.30. The standard InChI is InChI=1S/C18H36O2/c1-15(13-18(5,6)7)14-20-16(19)11-9-8-10-12-17(2,3)4/h15H,8-14H2,1-7H3. The number of ether oxygens (including phenoxy) is 1. The molecule has 0 heterocycles. The molecule has 2 heteroatoms. The largest absolute Gasteiger partial charge is 0.465 e. The highest BCUT2D eigenvalue weighted by atomic mass is 16.5. The summed E-state index contributed by atoms with van der Waals surface area (Å²) >= 11 is 0. The van der Waals surface area contributed by atoms with E-state index in [1.54, 1.807) is 0 Å². The third kappa shape index (κ3) is 13.9. The number of unbranched alkanes of at least 4 members (excludes halogenated alkanes) is 2. The highest BCUT2D eigenvalue weighted by Crippen LogP contribution is 2.24. The Morgan fingerprint density at radius 1 is 0.950 bits per heavy atom. The second kappa shape index (κ2) is 8.69. The molecule has 0 saturated heterocycles. The van der Waals surface area contributed by atoms with Gasteiger partial charge in [0.05, 0.1) is 6.61 Å². The summed E-state index contributed by atoms with van der Waals surface area (Å²) in [4.78, 5) is 11.7. The smallest absolute Gasteiger partial charge is 0.305 e. The van der Waals surface area contributed by atoms with E-state index in [9.17, 15) is 4.79 Å². The second-order valence-electron chi connectivity index (χ2n) is 8.67. The molecule has 1 unspecified atom stereocenters. The molecule has 1 atom stereocenters. The Morgan fingerprint density at radius 2 is 1.55 bits per heavy atom. The molecule has 0 bridgehead atoms. The summed E-state index contributed by atoms with van der Waals surface area (Å²) in [7, 11) is 0. The lowest BCUT2D eigenvalue weighted by Crippen LogP contribution is -2.17. The minimum Gasteiger partial charge on any atom is -0.465 e. The van der Waals surface area contributed by atoms with Crippen LogP contribution in [-0.2, 0) is 9.53 Å². The molecule has 0 aliphatic carbocycles. The summed E-state index contributed by atoms with van der Waals surface area (Å²) in [5, 5.41) is 0. The molecule has 0 radical (unpaired) electrons. The van der Waals surface area contributed by atoms with Gasteiger partial charge in [0, 0.05) is 6.42 Å². The number of esters is 1. The number of rotatable bonds is 8. The van der Waals surface area contributed by atoms with Crippen molar-refractivity contribution in [2.75, 3.05) is 6.61 Å². The first kappa shape index (κ1) is 19.5. The van der Waals surface area contributed by atoms with Gasteiger partial charge < -0.3 is 4.74 Å². The van der Waals surface area contributed by atoms with E-state index in [1.807, 2.05) is 0 Å². The molecular weight excluding hydrogens is 248 g/mol. The molecule has 0 aliphatic heterocycles. The van der Waals surface area contributed by atoms with Gasteiger partial charge in [0.1, 0.15) is 0 Å². The van der Waals surface area contributed by atoms with Crippen molar-refractivity contribution in [3.8, 4) is 0 Å². The Hall–Kier alpha value is -0.530. The number of hydrogen-bond donors (Lipinski definition) is 0. The number of hydrogen-bond acceptors (Lipinski definition) is 2. The Balaban J connectivity index is 3.60. The van der Waals surface area contributed by atoms with Crippen molar-refractivity contribution in [2.24, 2.45) is 16.7 Å². The lowest BCUT2D eigenvalue weighted by molar-refractivity contribution is -0.145. The van der Waals surface area contributed by atoms with Crippen LogP contribution in [0, 0.1) is 16.7 Å². The summed E-state index contributed by atoms with van der Waals surface area (Å²) in [5.41, 5.74) is 0.710. The van der Waals surface area contributed by atoms with E-state index in [4.69, 9.17) is 4.74 Å². The van der Waals surface area contributed by atoms with Crippen LogP contribution in [0.5, 0.6) is 0 Å². The van der Waals surface area contributed by atoms with Crippen molar-refractivity contribution in [3.05, 3.63) is 0 Å². The van der Waals surface area contributed by atoms with Gasteiger partial charge in [0.2, 0.25) is 0 Å². The van der Waals surface area contributed by atoms with E-state index in [0.717, 1.165) is 19.3 Å². The zero-order chi connectivity index (χ0) is 15.8. The molecule has 0 aromatic rings. The van der Waals surface area contributed by atoms with Crippen LogP contribution in [0.1, 0.15) is 87.0 Å². The van der Waals surface area contributed by atoms with Gasteiger partial charge in [0.25, 0.3) is 0 Å². The summed E-state index contributed by atoms with van der Waals surface area (Å²) in [5.74, 6) is 0.418. The molecule has 120 valence electrons. The maximum absolute atomic E-state index is 11.7. The van der Waals surface area contributed by atoms with E-state index < -0.39 is 0 Å². The van der Waals surface area contributed by atoms with Gasteiger partial charge in [-0.15, -0.1) is 0 Å². The Bertz CT molecular complexity index is 268. The highest BCUT2D eigenvalue weighted by molar-refractivity contribution is 5.69. The summed E-state index contributed by atoms with van der Waals surface area (Å²) in [6.07, 6.45) is 6.19. The lowest BCUT2D eigenvalue weighted by Gasteiger charge is -2.22. The molecule has 0 aliphatic rings. The third-order valence-corrected chi connectivity index (χ3v) is 3.30. The molecular formula is C18H36O2. The van der Waals surface area contributed by atoms with Crippen molar-refractivity contribution in [2.45, 2.75) is 87.0 Å². The van der Waals surface area contributed by atoms with Crippen LogP contribution < -0.4 is 0 Å². The fourth-order valence-corrected chi connectivity index (χ4v) is 2.51. The highest BCUT2D eigenvalue weighted by Gasteiger charge is 2.16. The monoisotopic (exact) mass is 284 g/mol. The fourth-order valence-electron chi connectivity index (χ4n) is 2.51. The van der Waals surface area contributed by atoms with Crippen LogP contribution in [0.2, 0.25) is 0 Å². The van der Waals surface area contributed by atoms with Gasteiger partial charge in [-0.25, -0.2) is 0 Å². The molecule has 0 saturated carbocycles. The van der Waals surface area contributed by atoms with Crippen molar-refractivity contribution in [1.82, 2.24) is 0 Å². The molecule has 0 aromatic heterocycles. The summed E-state index contributed by atoms with van der Waals surface area (Å²) < 4.78 is 5.36. The first-order valence-corrected chi connectivity index (χ1v) is 8.15. The van der Waals surface area contributed by atoms with Gasteiger partial charge in [-0.1, -0.05) is 61.3 Å². The normalized spacial score (nSPS) is 14.2. The molecule has 0 spiro atoms. The van der Waals surface area contributed by atoms with Gasteiger partial charge >= 0.3 is 5.97 Å². The lowest BCUT2D eigenvalue weighted by atomic mass is 9.86. The van der Waals surface area contributed by atoms with E-state index in [-0.39, 0.29) is 5.97 Å². The van der Waals surface area contributed by atoms with Gasteiger partial charge in [-0.05, 0) is 36.0 Å². The van der Waals surface area contributed by atoms with Crippen LogP contribution in [0.15, 0.2) is 0 Å². The fraction of sp³-hybridized carbons (Fsp3) is 0.944. The average Bonchev–Trinajstić information content (AvgIpc) is 2.22. The minimum absolute atomic E-state index is 0.0264.